The number of aryl methyl sites for hydroxylation is 1. The van der Waals surface area contributed by atoms with Crippen molar-refractivity contribution in [2.24, 2.45) is 0 Å². The van der Waals surface area contributed by atoms with E-state index in [0.717, 1.165) is 42.6 Å². The van der Waals surface area contributed by atoms with Crippen LogP contribution in [-0.4, -0.2) is 22.1 Å². The third-order valence-corrected chi connectivity index (χ3v) is 6.45. The zero-order valence-corrected chi connectivity index (χ0v) is 18.5. The summed E-state index contributed by atoms with van der Waals surface area (Å²) in [6, 6.07) is 18.2. The Bertz CT molecular complexity index is 1400. The molecule has 0 N–H and O–H groups in total. The highest BCUT2D eigenvalue weighted by Crippen LogP contribution is 2.38. The number of pyridine rings is 2. The molecule has 5 rings (SSSR count). The number of benzene rings is 2. The summed E-state index contributed by atoms with van der Waals surface area (Å²) < 4.78 is 6.45. The van der Waals surface area contributed by atoms with Gasteiger partial charge in [-0.1, -0.05) is 23.7 Å². The minimum Gasteiger partial charge on any atom is -0.495 e. The van der Waals surface area contributed by atoms with Gasteiger partial charge in [0.05, 0.1) is 29.2 Å². The van der Waals surface area contributed by atoms with Crippen LogP contribution in [0.2, 0.25) is 5.02 Å². The molecule has 0 saturated carbocycles. The number of ether oxygens (including phenoxy) is 1. The normalized spacial score (nSPS) is 11.1. The second-order valence-electron chi connectivity index (χ2n) is 7.23. The van der Waals surface area contributed by atoms with E-state index in [9.17, 15) is 0 Å². The van der Waals surface area contributed by atoms with Crippen LogP contribution in [0.1, 0.15) is 5.56 Å². The largest absolute Gasteiger partial charge is 0.495 e. The monoisotopic (exact) mass is 443 g/mol. The Labute approximate surface area is 189 Å². The molecule has 5 aromatic rings. The van der Waals surface area contributed by atoms with E-state index in [2.05, 4.69) is 41.2 Å². The number of thiazole rings is 1. The van der Waals surface area contributed by atoms with E-state index in [1.54, 1.807) is 30.8 Å². The predicted octanol–water partition coefficient (Wildman–Crippen LogP) is 7.06. The number of fused-ring (bicyclic) bond motifs is 1. The first-order chi connectivity index (χ1) is 15.1. The molecule has 0 aliphatic rings. The molecule has 0 bridgehead atoms. The van der Waals surface area contributed by atoms with E-state index in [0.29, 0.717) is 5.75 Å². The van der Waals surface area contributed by atoms with Crippen LogP contribution in [0, 0.1) is 6.92 Å². The Kier molecular flexibility index (Phi) is 5.14. The Morgan fingerprint density at radius 2 is 1.74 bits per heavy atom. The highest BCUT2D eigenvalue weighted by atomic mass is 35.5. The Balaban J connectivity index is 1.61. The molecule has 2 aromatic carbocycles. The van der Waals surface area contributed by atoms with Crippen molar-refractivity contribution in [1.82, 2.24) is 15.0 Å². The smallest absolute Gasteiger partial charge is 0.137 e. The van der Waals surface area contributed by atoms with Gasteiger partial charge in [-0.05, 0) is 60.5 Å². The van der Waals surface area contributed by atoms with E-state index in [-0.39, 0.29) is 0 Å². The van der Waals surface area contributed by atoms with Crippen LogP contribution in [0.3, 0.4) is 0 Å². The van der Waals surface area contributed by atoms with Gasteiger partial charge in [-0.25, -0.2) is 4.98 Å². The lowest BCUT2D eigenvalue weighted by atomic mass is 10.0. The predicted molar refractivity (Wildman–Crippen MR) is 128 cm³/mol. The second kappa shape index (κ2) is 8.10. The SMILES string of the molecule is COc1cncc(-c2cc(-c3nc4cc(C)cc(-c5ccc(Cl)cc5)c4s3)ccn2)c1. The van der Waals surface area contributed by atoms with E-state index >= 15 is 0 Å². The molecule has 0 radical (unpaired) electrons. The van der Waals surface area contributed by atoms with Crippen molar-refractivity contribution in [1.29, 1.82) is 0 Å². The summed E-state index contributed by atoms with van der Waals surface area (Å²) in [6.07, 6.45) is 5.28. The Hall–Kier alpha value is -3.28. The fourth-order valence-corrected chi connectivity index (χ4v) is 4.74. The van der Waals surface area contributed by atoms with Crippen molar-refractivity contribution in [2.75, 3.05) is 7.11 Å². The fourth-order valence-electron chi connectivity index (χ4n) is 3.53. The second-order valence-corrected chi connectivity index (χ2v) is 8.67. The lowest BCUT2D eigenvalue weighted by molar-refractivity contribution is 0.413. The molecular weight excluding hydrogens is 426 g/mol. The van der Waals surface area contributed by atoms with Gasteiger partial charge < -0.3 is 4.74 Å². The molecule has 0 saturated heterocycles. The van der Waals surface area contributed by atoms with Crippen LogP contribution in [0.15, 0.2) is 73.2 Å². The highest BCUT2D eigenvalue weighted by molar-refractivity contribution is 7.22. The fraction of sp³-hybridized carbons (Fsp3) is 0.0800. The topological polar surface area (TPSA) is 47.9 Å². The van der Waals surface area contributed by atoms with E-state index in [1.807, 2.05) is 36.5 Å². The molecule has 3 aromatic heterocycles. The number of nitrogens with zero attached hydrogens (tertiary/aromatic N) is 3. The number of methoxy groups -OCH3 is 1. The molecule has 3 heterocycles. The summed E-state index contributed by atoms with van der Waals surface area (Å²) in [5.74, 6) is 0.702. The number of hydrogen-bond acceptors (Lipinski definition) is 5. The van der Waals surface area contributed by atoms with Gasteiger partial charge in [-0.15, -0.1) is 11.3 Å². The first-order valence-electron chi connectivity index (χ1n) is 9.74. The molecule has 0 amide bonds. The van der Waals surface area contributed by atoms with Crippen LogP contribution in [0.4, 0.5) is 0 Å². The van der Waals surface area contributed by atoms with Crippen LogP contribution in [0.5, 0.6) is 5.75 Å². The standard InChI is InChI=1S/C25H18ClN3OS/c1-15-9-21(16-3-5-19(26)6-4-16)24-23(10-15)29-25(31-24)17-7-8-28-22(12-17)18-11-20(30-2)14-27-13-18/h3-14H,1-2H3. The van der Waals surface area contributed by atoms with Gasteiger partial charge in [0.25, 0.3) is 0 Å². The van der Waals surface area contributed by atoms with Crippen LogP contribution in [0.25, 0.3) is 43.2 Å². The number of aromatic nitrogens is 3. The molecular formula is C25H18ClN3OS. The minimum atomic E-state index is 0.702. The van der Waals surface area contributed by atoms with Crippen LogP contribution >= 0.6 is 22.9 Å². The maximum Gasteiger partial charge on any atom is 0.137 e. The van der Waals surface area contributed by atoms with Crippen molar-refractivity contribution in [3.63, 3.8) is 0 Å². The van der Waals surface area contributed by atoms with Gasteiger partial charge in [-0.2, -0.15) is 0 Å². The summed E-state index contributed by atoms with van der Waals surface area (Å²) in [6.45, 7) is 2.10. The van der Waals surface area contributed by atoms with Crippen molar-refractivity contribution in [2.45, 2.75) is 6.92 Å². The summed E-state index contributed by atoms with van der Waals surface area (Å²) in [5, 5.41) is 1.68. The molecule has 0 aliphatic heterocycles. The van der Waals surface area contributed by atoms with Gasteiger partial charge in [0.15, 0.2) is 0 Å². The molecule has 0 atom stereocenters. The molecule has 0 aliphatic carbocycles. The summed E-state index contributed by atoms with van der Waals surface area (Å²) in [4.78, 5) is 13.7. The van der Waals surface area contributed by atoms with Gasteiger partial charge in [-0.3, -0.25) is 9.97 Å². The Morgan fingerprint density at radius 3 is 2.55 bits per heavy atom. The molecule has 0 fully saturated rings. The first kappa shape index (κ1) is 19.7. The summed E-state index contributed by atoms with van der Waals surface area (Å²) in [5.41, 5.74) is 7.22. The average molecular weight is 444 g/mol. The third-order valence-electron chi connectivity index (χ3n) is 5.04. The van der Waals surface area contributed by atoms with Crippen LogP contribution in [-0.2, 0) is 0 Å². The maximum atomic E-state index is 6.09. The number of rotatable bonds is 4. The van der Waals surface area contributed by atoms with E-state index < -0.39 is 0 Å². The molecule has 4 nitrogen and oxygen atoms in total. The molecule has 152 valence electrons. The quantitative estimate of drug-likeness (QED) is 0.298. The zero-order valence-electron chi connectivity index (χ0n) is 17.0. The molecule has 0 spiro atoms. The Morgan fingerprint density at radius 1 is 0.903 bits per heavy atom. The van der Waals surface area contributed by atoms with Crippen molar-refractivity contribution >= 4 is 33.2 Å². The van der Waals surface area contributed by atoms with Crippen molar-refractivity contribution in [3.8, 4) is 38.7 Å². The summed E-state index contributed by atoms with van der Waals surface area (Å²) in [7, 11) is 1.63. The minimum absolute atomic E-state index is 0.702. The van der Waals surface area contributed by atoms with Crippen LogP contribution < -0.4 is 4.74 Å². The van der Waals surface area contributed by atoms with E-state index in [1.165, 1.54) is 11.1 Å². The highest BCUT2D eigenvalue weighted by Gasteiger charge is 2.13. The van der Waals surface area contributed by atoms with E-state index in [4.69, 9.17) is 21.3 Å². The van der Waals surface area contributed by atoms with Crippen molar-refractivity contribution < 1.29 is 4.74 Å². The third kappa shape index (κ3) is 3.90. The summed E-state index contributed by atoms with van der Waals surface area (Å²) >= 11 is 7.77. The van der Waals surface area contributed by atoms with Gasteiger partial charge >= 0.3 is 0 Å². The zero-order chi connectivity index (χ0) is 21.4. The lowest BCUT2D eigenvalue weighted by Gasteiger charge is -2.05. The number of halogens is 1. The maximum absolute atomic E-state index is 6.09. The lowest BCUT2D eigenvalue weighted by Crippen LogP contribution is -1.89. The van der Waals surface area contributed by atoms with Crippen molar-refractivity contribution in [3.05, 3.63) is 83.8 Å². The molecule has 31 heavy (non-hydrogen) atoms. The van der Waals surface area contributed by atoms with Gasteiger partial charge in [0.1, 0.15) is 10.8 Å². The first-order valence-corrected chi connectivity index (χ1v) is 10.9. The molecule has 0 unspecified atom stereocenters. The van der Waals surface area contributed by atoms with Gasteiger partial charge in [0.2, 0.25) is 0 Å². The van der Waals surface area contributed by atoms with Gasteiger partial charge in [0, 0.05) is 34.1 Å². The number of hydrogen-bond donors (Lipinski definition) is 0. The molecule has 6 heteroatoms. The average Bonchev–Trinajstić information content (AvgIpc) is 3.23.